The first-order valence-corrected chi connectivity index (χ1v) is 32.7. The number of hydrogen-bond acceptors (Lipinski definition) is 7. The molecule has 14 aromatic rings. The minimum absolute atomic E-state index is 1.07. The number of para-hydroxylation sites is 2. The second-order valence-electron chi connectivity index (χ2n) is 18.6. The van der Waals surface area contributed by atoms with Crippen molar-refractivity contribution in [3.63, 3.8) is 0 Å². The minimum atomic E-state index is 1.07. The van der Waals surface area contributed by atoms with E-state index in [-0.39, 0.29) is 0 Å². The van der Waals surface area contributed by atoms with Gasteiger partial charge in [-0.25, -0.2) is 0 Å². The Morgan fingerprint density at radius 3 is 1.21 bits per heavy atom. The lowest BCUT2D eigenvalue weighted by molar-refractivity contribution is 1.24. The fraction of sp³-hybridized carbons (Fsp3) is 0.250. The molecule has 0 aliphatic carbocycles. The van der Waals surface area contributed by atoms with Crippen molar-refractivity contribution in [3.05, 3.63) is 295 Å². The highest BCUT2D eigenvalue weighted by molar-refractivity contribution is 5.87. The lowest BCUT2D eigenvalue weighted by Gasteiger charge is -1.98. The number of hydrogen-bond donors (Lipinski definition) is 0. The summed E-state index contributed by atoms with van der Waals surface area (Å²) in [6.45, 7) is 42.6. The summed E-state index contributed by atoms with van der Waals surface area (Å²) >= 11 is 0. The first kappa shape index (κ1) is 79.4. The number of fused-ring (bicyclic) bond motifs is 7. The van der Waals surface area contributed by atoms with Gasteiger partial charge in [0.1, 0.15) is 0 Å². The van der Waals surface area contributed by atoms with Gasteiger partial charge in [0, 0.05) is 105 Å². The molecule has 0 amide bonds. The molecule has 0 bridgehead atoms. The highest BCUT2D eigenvalue weighted by Gasteiger charge is 1.98. The molecular formula is C84H105N7. The Morgan fingerprint density at radius 1 is 0.209 bits per heavy atom. The van der Waals surface area contributed by atoms with Crippen LogP contribution in [0.15, 0.2) is 256 Å². The molecule has 0 N–H and O–H groups in total. The van der Waals surface area contributed by atoms with E-state index in [1.807, 2.05) is 263 Å². The van der Waals surface area contributed by atoms with Crippen molar-refractivity contribution in [1.29, 1.82) is 0 Å². The van der Waals surface area contributed by atoms with E-state index in [1.165, 1.54) is 92.6 Å². The van der Waals surface area contributed by atoms with Gasteiger partial charge in [0.2, 0.25) is 0 Å². The maximum atomic E-state index is 4.28. The van der Waals surface area contributed by atoms with Crippen molar-refractivity contribution in [2.75, 3.05) is 0 Å². The number of aryl methyl sites for hydroxylation is 7. The quantitative estimate of drug-likeness (QED) is 0.149. The van der Waals surface area contributed by atoms with Crippen molar-refractivity contribution < 1.29 is 0 Å². The topological polar surface area (TPSA) is 90.2 Å². The van der Waals surface area contributed by atoms with E-state index in [2.05, 4.69) is 173 Å². The zero-order valence-corrected chi connectivity index (χ0v) is 58.9. The monoisotopic (exact) mass is 1210 g/mol. The predicted octanol–water partition coefficient (Wildman–Crippen LogP) is 25.0. The second-order valence-corrected chi connectivity index (χ2v) is 18.6. The van der Waals surface area contributed by atoms with Crippen LogP contribution in [0.5, 0.6) is 0 Å². The van der Waals surface area contributed by atoms with Crippen molar-refractivity contribution in [1.82, 2.24) is 34.9 Å². The smallest absolute Gasteiger partial charge is 0.0704 e. The van der Waals surface area contributed by atoms with Crippen LogP contribution in [-0.2, 0) is 0 Å². The van der Waals surface area contributed by atoms with Gasteiger partial charge in [-0.1, -0.05) is 236 Å². The van der Waals surface area contributed by atoms with Crippen molar-refractivity contribution in [3.8, 4) is 0 Å². The maximum absolute atomic E-state index is 4.28. The average Bonchev–Trinajstić information content (AvgIpc) is 3.20. The third kappa shape index (κ3) is 26.6. The number of aromatic nitrogens is 7. The van der Waals surface area contributed by atoms with Gasteiger partial charge in [0.15, 0.2) is 0 Å². The molecule has 7 nitrogen and oxygen atoms in total. The van der Waals surface area contributed by atoms with Gasteiger partial charge in [0.25, 0.3) is 0 Å². The summed E-state index contributed by atoms with van der Waals surface area (Å²) in [5.74, 6) is 0. The first-order valence-electron chi connectivity index (χ1n) is 32.7. The van der Waals surface area contributed by atoms with Gasteiger partial charge in [-0.15, -0.1) is 0 Å². The molecule has 0 saturated heterocycles. The van der Waals surface area contributed by atoms with E-state index < -0.39 is 0 Å². The molecule has 0 radical (unpaired) electrons. The summed E-state index contributed by atoms with van der Waals surface area (Å²) < 4.78 is 0. The largest absolute Gasteiger partial charge is 0.264 e. The maximum Gasteiger partial charge on any atom is 0.0704 e. The molecule has 0 fully saturated rings. The number of nitrogens with zero attached hydrogens (tertiary/aromatic N) is 7. The number of benzene rings is 7. The van der Waals surface area contributed by atoms with Crippen LogP contribution in [0, 0.1) is 48.5 Å². The fourth-order valence-corrected chi connectivity index (χ4v) is 8.77. The molecule has 91 heavy (non-hydrogen) atoms. The van der Waals surface area contributed by atoms with Crippen LogP contribution < -0.4 is 0 Å². The highest BCUT2D eigenvalue weighted by atomic mass is 14.7. The lowest BCUT2D eigenvalue weighted by Crippen LogP contribution is -1.80. The summed E-state index contributed by atoms with van der Waals surface area (Å²) in [5.41, 5.74) is 11.9. The third-order valence-corrected chi connectivity index (χ3v) is 13.0. The van der Waals surface area contributed by atoms with Crippen molar-refractivity contribution >= 4 is 75.8 Å². The van der Waals surface area contributed by atoms with E-state index in [0.717, 1.165) is 22.2 Å². The zero-order valence-electron chi connectivity index (χ0n) is 58.9. The molecule has 0 unspecified atom stereocenters. The molecule has 14 rings (SSSR count). The Balaban J connectivity index is 0.000000514. The van der Waals surface area contributed by atoms with Gasteiger partial charge in [-0.05, 0) is 158 Å². The minimum Gasteiger partial charge on any atom is -0.264 e. The van der Waals surface area contributed by atoms with Crippen LogP contribution in [0.2, 0.25) is 0 Å². The Kier molecular flexibility index (Phi) is 42.2. The van der Waals surface area contributed by atoms with Crippen LogP contribution in [-0.4, -0.2) is 34.9 Å². The number of rotatable bonds is 0. The summed E-state index contributed by atoms with van der Waals surface area (Å²) in [6.07, 6.45) is 18.6. The SMILES string of the molecule is CC.CC.CC.CC.CC.CC.CC.Cc1cccc2ccncc12.Cc1cccc2cnccc12.Cc1cccc2ncccc12.Cc1ccnc2ccccc12.Cc1cnc2ccccc2c1.Cc1cncc2ccccc12.Cc1nccc2ccccc12. The summed E-state index contributed by atoms with van der Waals surface area (Å²) in [4.78, 5) is 29.2. The van der Waals surface area contributed by atoms with Gasteiger partial charge < -0.3 is 0 Å². The molecular weight excluding hydrogens is 1110 g/mol. The Morgan fingerprint density at radius 2 is 0.604 bits per heavy atom. The average molecular weight is 1210 g/mol. The normalized spacial score (nSPS) is 9.15. The van der Waals surface area contributed by atoms with Crippen LogP contribution in [0.1, 0.15) is 136 Å². The van der Waals surface area contributed by atoms with Gasteiger partial charge in [-0.3, -0.25) is 34.9 Å². The Bertz CT molecular complexity index is 3530. The second kappa shape index (κ2) is 48.3. The summed E-state index contributed by atoms with van der Waals surface area (Å²) in [5, 5.41) is 13.7. The van der Waals surface area contributed by atoms with Crippen molar-refractivity contribution in [2.45, 2.75) is 145 Å². The predicted molar refractivity (Wildman–Crippen MR) is 405 cm³/mol. The van der Waals surface area contributed by atoms with Crippen molar-refractivity contribution in [2.24, 2.45) is 0 Å². The van der Waals surface area contributed by atoms with Crippen LogP contribution in [0.4, 0.5) is 0 Å². The molecule has 0 saturated carbocycles. The molecule has 7 heterocycles. The highest BCUT2D eigenvalue weighted by Crippen LogP contribution is 2.20. The van der Waals surface area contributed by atoms with Crippen LogP contribution in [0.3, 0.4) is 0 Å². The molecule has 7 heteroatoms. The first-order chi connectivity index (χ1) is 44.6. The van der Waals surface area contributed by atoms with E-state index >= 15 is 0 Å². The molecule has 0 atom stereocenters. The molecule has 0 aliphatic rings. The van der Waals surface area contributed by atoms with E-state index in [9.17, 15) is 0 Å². The van der Waals surface area contributed by atoms with Crippen LogP contribution in [0.25, 0.3) is 75.8 Å². The molecule has 0 spiro atoms. The summed E-state index contributed by atoms with van der Waals surface area (Å²) in [6, 6.07) is 65.9. The van der Waals surface area contributed by atoms with Gasteiger partial charge >= 0.3 is 0 Å². The lowest BCUT2D eigenvalue weighted by atomic mass is 10.1. The molecule has 7 aromatic carbocycles. The molecule has 0 aliphatic heterocycles. The Labute approximate surface area is 548 Å². The summed E-state index contributed by atoms with van der Waals surface area (Å²) in [7, 11) is 0. The van der Waals surface area contributed by atoms with E-state index in [1.54, 1.807) is 0 Å². The standard InChI is InChI=1S/7C10H9N.7C2H6/c1-8-4-2-6-10-9(8)5-3-7-11-10;1-8-3-2-4-9-7-11-6-5-10(8)9;1-8-3-2-4-9-5-6-11-7-10(8)9;1-8-6-11-7-9-4-2-3-5-10(8)9;1-8-6-9-4-2-3-5-10(9)11-7-8;1-8-10-5-3-2-4-9(10)6-7-11-8;1-8-6-7-11-10-5-3-2-4-9(8)10;7*1-2/h7*2-7H,1H3;7*1-2H3. The number of pyridine rings is 7. The van der Waals surface area contributed by atoms with E-state index in [0.29, 0.717) is 0 Å². The Hall–Kier alpha value is -9.59. The van der Waals surface area contributed by atoms with E-state index in [4.69, 9.17) is 0 Å². The van der Waals surface area contributed by atoms with Gasteiger partial charge in [-0.2, -0.15) is 0 Å². The van der Waals surface area contributed by atoms with Gasteiger partial charge in [0.05, 0.1) is 16.6 Å². The molecule has 476 valence electrons. The fourth-order valence-electron chi connectivity index (χ4n) is 8.77. The molecule has 7 aromatic heterocycles. The van der Waals surface area contributed by atoms with Crippen LogP contribution >= 0.6 is 0 Å². The zero-order chi connectivity index (χ0) is 67.8. The third-order valence-electron chi connectivity index (χ3n) is 13.0.